The predicted molar refractivity (Wildman–Crippen MR) is 106 cm³/mol. The van der Waals surface area contributed by atoms with E-state index in [1.54, 1.807) is 7.11 Å². The summed E-state index contributed by atoms with van der Waals surface area (Å²) in [5.74, 6) is 1.01. The molecule has 6 rings (SSSR count). The maximum absolute atomic E-state index is 11.7. The van der Waals surface area contributed by atoms with Gasteiger partial charge in [-0.1, -0.05) is 6.92 Å². The zero-order chi connectivity index (χ0) is 20.3. The molecule has 7 bridgehead atoms. The summed E-state index contributed by atoms with van der Waals surface area (Å²) < 4.78 is 12.4. The molecule has 164 valence electrons. The predicted octanol–water partition coefficient (Wildman–Crippen LogP) is 0.877. The van der Waals surface area contributed by atoms with Gasteiger partial charge >= 0.3 is 0 Å². The number of aliphatic hydroxyl groups is 3. The lowest BCUT2D eigenvalue weighted by atomic mass is 9.43. The standard InChI is InChI=1S/C23H37NO5/c1-4-24-10-21(11-25)6-5-17(26)23-13-7-12-15(28-2)9-22(29-3,18(13)19(12)27)14(20(23)24)8-16(21)23/h12-20,25-27H,4-11H2,1-3H3/t12-,13?,14+,15+,16?,17+,18?,19+,20+,21+,22+,23-/m1/s1. The third kappa shape index (κ3) is 1.85. The van der Waals surface area contributed by atoms with Crippen LogP contribution in [0.3, 0.4) is 0 Å². The zero-order valence-corrected chi connectivity index (χ0v) is 18.0. The van der Waals surface area contributed by atoms with Crippen molar-refractivity contribution in [3.8, 4) is 0 Å². The lowest BCUT2D eigenvalue weighted by molar-refractivity contribution is -0.277. The molecular formula is C23H37NO5. The number of piperidine rings is 1. The SMILES string of the molecule is CCN1C[C@]2(CO)CC[C@H](O)[C@@]34C5C[C@@H]6[C@@H](OC)C[C@@](OC)(C5[C@H]6O)[C@@H](CC23)[C@H]14. The van der Waals surface area contributed by atoms with Crippen LogP contribution >= 0.6 is 0 Å². The van der Waals surface area contributed by atoms with Gasteiger partial charge in [0, 0.05) is 61.8 Å². The van der Waals surface area contributed by atoms with Gasteiger partial charge in [-0.05, 0) is 44.1 Å². The molecule has 6 heteroatoms. The van der Waals surface area contributed by atoms with E-state index in [0.717, 1.165) is 45.2 Å². The monoisotopic (exact) mass is 407 g/mol. The quantitative estimate of drug-likeness (QED) is 0.642. The molecule has 0 aromatic carbocycles. The van der Waals surface area contributed by atoms with Gasteiger partial charge in [-0.25, -0.2) is 0 Å². The molecule has 1 spiro atoms. The Kier molecular flexibility index (Phi) is 4.00. The van der Waals surface area contributed by atoms with Crippen molar-refractivity contribution in [2.75, 3.05) is 33.9 Å². The van der Waals surface area contributed by atoms with Gasteiger partial charge in [0.15, 0.2) is 0 Å². The number of hydrogen-bond acceptors (Lipinski definition) is 6. The summed E-state index contributed by atoms with van der Waals surface area (Å²) in [4.78, 5) is 2.57. The molecule has 0 amide bonds. The van der Waals surface area contributed by atoms with E-state index in [1.807, 2.05) is 7.11 Å². The summed E-state index contributed by atoms with van der Waals surface area (Å²) in [5, 5.41) is 33.8. The first-order chi connectivity index (χ1) is 13.9. The van der Waals surface area contributed by atoms with Crippen molar-refractivity contribution in [3.63, 3.8) is 0 Å². The van der Waals surface area contributed by atoms with Crippen LogP contribution in [-0.2, 0) is 9.47 Å². The fourth-order valence-corrected chi connectivity index (χ4v) is 10.4. The Morgan fingerprint density at radius 1 is 1.14 bits per heavy atom. The van der Waals surface area contributed by atoms with Gasteiger partial charge < -0.3 is 24.8 Å². The molecule has 12 atom stereocenters. The summed E-state index contributed by atoms with van der Waals surface area (Å²) in [5.41, 5.74) is -0.758. The average molecular weight is 408 g/mol. The minimum absolute atomic E-state index is 0.0141. The van der Waals surface area contributed by atoms with Gasteiger partial charge in [-0.2, -0.15) is 0 Å². The summed E-state index contributed by atoms with van der Waals surface area (Å²) in [6.45, 7) is 4.28. The van der Waals surface area contributed by atoms with Crippen molar-refractivity contribution in [1.29, 1.82) is 0 Å². The maximum atomic E-state index is 11.7. The Labute approximate surface area is 173 Å². The third-order valence-electron chi connectivity index (χ3n) is 11.1. The van der Waals surface area contributed by atoms with E-state index < -0.39 is 11.7 Å². The minimum Gasteiger partial charge on any atom is -0.396 e. The number of hydrogen-bond donors (Lipinski definition) is 3. The van der Waals surface area contributed by atoms with Crippen LogP contribution in [0.5, 0.6) is 0 Å². The molecule has 1 saturated heterocycles. The Balaban J connectivity index is 1.60. The smallest absolute Gasteiger partial charge is 0.0802 e. The molecule has 6 aliphatic rings. The molecule has 1 aliphatic heterocycles. The highest BCUT2D eigenvalue weighted by molar-refractivity contribution is 5.33. The van der Waals surface area contributed by atoms with Crippen LogP contribution in [0.2, 0.25) is 0 Å². The first kappa shape index (κ1) is 19.4. The van der Waals surface area contributed by atoms with E-state index in [4.69, 9.17) is 9.47 Å². The number of likely N-dealkylation sites (tertiary alicyclic amines) is 1. The highest BCUT2D eigenvalue weighted by Crippen LogP contribution is 2.79. The normalized spacial score (nSPS) is 62.5. The van der Waals surface area contributed by atoms with E-state index in [1.165, 1.54) is 0 Å². The second-order valence-electron chi connectivity index (χ2n) is 11.1. The van der Waals surface area contributed by atoms with E-state index in [0.29, 0.717) is 5.92 Å². The number of ether oxygens (including phenoxy) is 2. The Hall–Kier alpha value is -0.240. The maximum Gasteiger partial charge on any atom is 0.0802 e. The molecular weight excluding hydrogens is 370 g/mol. The molecule has 3 N–H and O–H groups in total. The largest absolute Gasteiger partial charge is 0.396 e. The highest BCUT2D eigenvalue weighted by Gasteiger charge is 2.83. The van der Waals surface area contributed by atoms with Gasteiger partial charge in [0.25, 0.3) is 0 Å². The summed E-state index contributed by atoms with van der Waals surface area (Å²) in [6, 6.07) is 0.273. The van der Waals surface area contributed by atoms with Crippen molar-refractivity contribution < 1.29 is 24.8 Å². The molecule has 5 aliphatic carbocycles. The van der Waals surface area contributed by atoms with E-state index >= 15 is 0 Å². The van der Waals surface area contributed by atoms with Gasteiger partial charge in [0.2, 0.25) is 0 Å². The first-order valence-electron chi connectivity index (χ1n) is 11.7. The van der Waals surface area contributed by atoms with E-state index in [9.17, 15) is 15.3 Å². The van der Waals surface area contributed by atoms with Crippen molar-refractivity contribution in [3.05, 3.63) is 0 Å². The van der Waals surface area contributed by atoms with Gasteiger partial charge in [0.05, 0.1) is 30.5 Å². The Morgan fingerprint density at radius 3 is 2.59 bits per heavy atom. The highest BCUT2D eigenvalue weighted by atomic mass is 16.5. The second kappa shape index (κ2) is 5.96. The van der Waals surface area contributed by atoms with Crippen molar-refractivity contribution >= 4 is 0 Å². The summed E-state index contributed by atoms with van der Waals surface area (Å²) in [6.07, 6.45) is 3.65. The Bertz CT molecular complexity index is 705. The molecule has 6 nitrogen and oxygen atoms in total. The van der Waals surface area contributed by atoms with E-state index in [2.05, 4.69) is 11.8 Å². The lowest BCUT2D eigenvalue weighted by Gasteiger charge is -2.69. The molecule has 0 aromatic rings. The fraction of sp³-hybridized carbons (Fsp3) is 1.00. The van der Waals surface area contributed by atoms with Gasteiger partial charge in [0.1, 0.15) is 0 Å². The van der Waals surface area contributed by atoms with Crippen LogP contribution in [0.25, 0.3) is 0 Å². The second-order valence-corrected chi connectivity index (χ2v) is 11.1. The molecule has 1 heterocycles. The van der Waals surface area contributed by atoms with Gasteiger partial charge in [-0.3, -0.25) is 4.90 Å². The first-order valence-corrected chi connectivity index (χ1v) is 11.7. The summed E-state index contributed by atoms with van der Waals surface area (Å²) in [7, 11) is 3.60. The van der Waals surface area contributed by atoms with Gasteiger partial charge in [-0.15, -0.1) is 0 Å². The Morgan fingerprint density at radius 2 is 1.93 bits per heavy atom. The van der Waals surface area contributed by atoms with Crippen LogP contribution in [0.15, 0.2) is 0 Å². The van der Waals surface area contributed by atoms with Crippen LogP contribution in [0.1, 0.15) is 39.0 Å². The molecule has 29 heavy (non-hydrogen) atoms. The van der Waals surface area contributed by atoms with Crippen molar-refractivity contribution in [1.82, 2.24) is 4.90 Å². The molecule has 5 saturated carbocycles. The number of aliphatic hydroxyl groups excluding tert-OH is 3. The fourth-order valence-electron chi connectivity index (χ4n) is 10.4. The van der Waals surface area contributed by atoms with Crippen molar-refractivity contribution in [2.45, 2.75) is 69.0 Å². The average Bonchev–Trinajstić information content (AvgIpc) is 3.14. The zero-order valence-electron chi connectivity index (χ0n) is 18.0. The minimum atomic E-state index is -0.426. The third-order valence-corrected chi connectivity index (χ3v) is 11.1. The van der Waals surface area contributed by atoms with Crippen LogP contribution < -0.4 is 0 Å². The summed E-state index contributed by atoms with van der Waals surface area (Å²) >= 11 is 0. The van der Waals surface area contributed by atoms with E-state index in [-0.39, 0.29) is 59.4 Å². The number of fused-ring (bicyclic) bond motifs is 2. The van der Waals surface area contributed by atoms with Crippen LogP contribution in [-0.4, -0.2) is 84.1 Å². The number of rotatable bonds is 4. The molecule has 0 radical (unpaired) electrons. The van der Waals surface area contributed by atoms with Crippen LogP contribution in [0, 0.1) is 40.4 Å². The topological polar surface area (TPSA) is 82.4 Å². The number of nitrogens with zero attached hydrogens (tertiary/aromatic N) is 1. The number of methoxy groups -OCH3 is 2. The molecule has 6 fully saturated rings. The molecule has 3 unspecified atom stereocenters. The molecule has 0 aromatic heterocycles. The van der Waals surface area contributed by atoms with Crippen LogP contribution in [0.4, 0.5) is 0 Å². The lowest BCUT2D eigenvalue weighted by Crippen LogP contribution is -2.76. The van der Waals surface area contributed by atoms with Crippen molar-refractivity contribution in [2.24, 2.45) is 40.4 Å².